The van der Waals surface area contributed by atoms with E-state index in [4.69, 9.17) is 0 Å². The molecule has 0 nitrogen and oxygen atoms in total. The number of hydrogen-bond donors (Lipinski definition) is 0. The Morgan fingerprint density at radius 1 is 0.371 bits per heavy atom. The van der Waals surface area contributed by atoms with Gasteiger partial charge in [-0.3, -0.25) is 0 Å². The molecule has 0 aliphatic heterocycles. The third kappa shape index (κ3) is 10.3. The predicted molar refractivity (Wildman–Crippen MR) is 164 cm³/mol. The topological polar surface area (TPSA) is 0 Å². The van der Waals surface area contributed by atoms with E-state index >= 15 is 0 Å². The minimum absolute atomic E-state index is 1.20. The summed E-state index contributed by atoms with van der Waals surface area (Å²) in [4.78, 5) is 0. The Kier molecular flexibility index (Phi) is 16.0. The van der Waals surface area contributed by atoms with Crippen LogP contribution in [0.15, 0.2) is 0 Å². The van der Waals surface area contributed by atoms with Crippen LogP contribution in [0.2, 0.25) is 0 Å². The molecule has 0 aromatic carbocycles. The van der Waals surface area contributed by atoms with E-state index in [1.807, 2.05) is 0 Å². The van der Waals surface area contributed by atoms with E-state index in [0.717, 1.165) is 0 Å². The fraction of sp³-hybridized carbons (Fsp3) is 1.00. The zero-order valence-corrected chi connectivity index (χ0v) is 25.4. The van der Waals surface area contributed by atoms with Crippen molar-refractivity contribution in [2.75, 3.05) is 6.16 Å². The molecule has 0 N–H and O–H groups in total. The van der Waals surface area contributed by atoms with Gasteiger partial charge in [-0.2, -0.15) is 0 Å². The van der Waals surface area contributed by atoms with Gasteiger partial charge in [-0.05, 0) is 0 Å². The van der Waals surface area contributed by atoms with E-state index in [-0.39, 0.29) is 0 Å². The zero-order chi connectivity index (χ0) is 24.4. The molecule has 3 aliphatic carbocycles. The van der Waals surface area contributed by atoms with Crippen LogP contribution in [0.3, 0.4) is 0 Å². The SMILES string of the molecule is CCCCCCCCCCCCCCCC[PH](C1CCCCC1)(C1CCCCC1)C1CCCCC1. The molecule has 0 bridgehead atoms. The van der Waals surface area contributed by atoms with Crippen molar-refractivity contribution in [2.24, 2.45) is 0 Å². The fourth-order valence-corrected chi connectivity index (χ4v) is 17.7. The van der Waals surface area contributed by atoms with Gasteiger partial charge in [-0.1, -0.05) is 26.2 Å². The quantitative estimate of drug-likeness (QED) is 0.128. The maximum atomic E-state index is 2.32. The summed E-state index contributed by atoms with van der Waals surface area (Å²) in [6.07, 6.45) is 46.9. The Morgan fingerprint density at radius 3 is 0.971 bits per heavy atom. The summed E-state index contributed by atoms with van der Waals surface area (Å²) in [5, 5.41) is 0. The van der Waals surface area contributed by atoms with E-state index in [1.54, 1.807) is 122 Å². The summed E-state index contributed by atoms with van der Waals surface area (Å²) < 4.78 is 0. The zero-order valence-electron chi connectivity index (χ0n) is 24.4. The van der Waals surface area contributed by atoms with Crippen LogP contribution < -0.4 is 0 Å². The van der Waals surface area contributed by atoms with Gasteiger partial charge in [-0.25, -0.2) is 0 Å². The van der Waals surface area contributed by atoms with Crippen LogP contribution in [0, 0.1) is 0 Å². The van der Waals surface area contributed by atoms with Crippen LogP contribution in [0.25, 0.3) is 0 Å². The second-order valence-corrected chi connectivity index (χ2v) is 18.6. The maximum absolute atomic E-state index is 2.32. The summed E-state index contributed by atoms with van der Waals surface area (Å²) >= 11 is 0. The van der Waals surface area contributed by atoms with E-state index in [1.165, 1.54) is 87.6 Å². The molecule has 0 spiro atoms. The second-order valence-electron chi connectivity index (χ2n) is 13.5. The van der Waals surface area contributed by atoms with Crippen molar-refractivity contribution in [1.29, 1.82) is 0 Å². The molecule has 0 aromatic rings. The van der Waals surface area contributed by atoms with Crippen molar-refractivity contribution < 1.29 is 0 Å². The number of unbranched alkanes of at least 4 members (excludes halogenated alkanes) is 13. The third-order valence-electron chi connectivity index (χ3n) is 11.1. The standard InChI is InChI=1S/C34H67P/c1-2-3-4-5-6-7-8-9-10-11-12-13-14-24-31-35(32-25-18-15-19-26-32,33-27-20-16-21-28-33)34-29-22-17-23-30-34/h32-35H,2-31H2,1H3. The Balaban J connectivity index is 1.40. The first-order valence-electron chi connectivity index (χ1n) is 17.4. The van der Waals surface area contributed by atoms with E-state index < -0.39 is 7.26 Å². The monoisotopic (exact) mass is 506 g/mol. The molecule has 35 heavy (non-hydrogen) atoms. The Bertz CT molecular complexity index is 435. The van der Waals surface area contributed by atoms with Crippen LogP contribution in [0.1, 0.15) is 193 Å². The Hall–Kier alpha value is 0.430. The molecule has 208 valence electrons. The van der Waals surface area contributed by atoms with Crippen molar-refractivity contribution in [3.63, 3.8) is 0 Å². The predicted octanol–water partition coefficient (Wildman–Crippen LogP) is 12.2. The molecule has 3 aliphatic rings. The number of hydrogen-bond acceptors (Lipinski definition) is 0. The average Bonchev–Trinajstić information content (AvgIpc) is 2.93. The molecule has 3 rings (SSSR count). The van der Waals surface area contributed by atoms with Gasteiger partial charge in [0.05, 0.1) is 0 Å². The van der Waals surface area contributed by atoms with Crippen molar-refractivity contribution in [1.82, 2.24) is 0 Å². The van der Waals surface area contributed by atoms with Gasteiger partial charge in [0.1, 0.15) is 0 Å². The summed E-state index contributed by atoms with van der Waals surface area (Å²) in [5.41, 5.74) is 3.68. The first-order valence-corrected chi connectivity index (χ1v) is 19.8. The fourth-order valence-electron chi connectivity index (χ4n) is 9.16. The van der Waals surface area contributed by atoms with Crippen molar-refractivity contribution in [3.8, 4) is 0 Å². The summed E-state index contributed by atoms with van der Waals surface area (Å²) in [6.45, 7) is 2.32. The minimum atomic E-state index is -1.20. The average molecular weight is 507 g/mol. The van der Waals surface area contributed by atoms with Crippen molar-refractivity contribution in [3.05, 3.63) is 0 Å². The molecule has 0 aromatic heterocycles. The van der Waals surface area contributed by atoms with Crippen molar-refractivity contribution >= 4 is 7.26 Å². The molecule has 0 atom stereocenters. The van der Waals surface area contributed by atoms with Crippen LogP contribution in [-0.2, 0) is 0 Å². The van der Waals surface area contributed by atoms with Gasteiger partial charge in [0.25, 0.3) is 0 Å². The molecule has 0 amide bonds. The molecule has 3 saturated carbocycles. The molecule has 3 fully saturated rings. The van der Waals surface area contributed by atoms with Gasteiger partial charge >= 0.3 is 197 Å². The molecular weight excluding hydrogens is 439 g/mol. The number of rotatable bonds is 18. The second kappa shape index (κ2) is 18.6. The molecule has 0 heterocycles. The van der Waals surface area contributed by atoms with Crippen molar-refractivity contribution in [2.45, 2.75) is 210 Å². The molecular formula is C34H67P. The summed E-state index contributed by atoms with van der Waals surface area (Å²) in [6, 6.07) is 0. The first-order chi connectivity index (χ1) is 17.4. The molecule has 1 heteroatoms. The summed E-state index contributed by atoms with van der Waals surface area (Å²) in [5.74, 6) is 0. The van der Waals surface area contributed by atoms with Gasteiger partial charge in [0, 0.05) is 0 Å². The van der Waals surface area contributed by atoms with Crippen LogP contribution in [0.4, 0.5) is 0 Å². The molecule has 0 unspecified atom stereocenters. The Morgan fingerprint density at radius 2 is 0.657 bits per heavy atom. The third-order valence-corrected chi connectivity index (χ3v) is 18.6. The van der Waals surface area contributed by atoms with E-state index in [9.17, 15) is 0 Å². The normalized spacial score (nSPS) is 22.0. The van der Waals surface area contributed by atoms with Crippen LogP contribution in [-0.4, -0.2) is 23.1 Å². The van der Waals surface area contributed by atoms with Crippen LogP contribution in [0.5, 0.6) is 0 Å². The van der Waals surface area contributed by atoms with Gasteiger partial charge in [0.15, 0.2) is 0 Å². The van der Waals surface area contributed by atoms with E-state index in [0.29, 0.717) is 0 Å². The summed E-state index contributed by atoms with van der Waals surface area (Å²) in [7, 11) is -1.20. The Labute approximate surface area is 223 Å². The van der Waals surface area contributed by atoms with Gasteiger partial charge < -0.3 is 0 Å². The first kappa shape index (κ1) is 30.0. The molecule has 0 radical (unpaired) electrons. The van der Waals surface area contributed by atoms with Crippen LogP contribution >= 0.6 is 7.26 Å². The van der Waals surface area contributed by atoms with Gasteiger partial charge in [-0.15, -0.1) is 0 Å². The molecule has 0 saturated heterocycles. The van der Waals surface area contributed by atoms with Gasteiger partial charge in [0.2, 0.25) is 0 Å². The van der Waals surface area contributed by atoms with E-state index in [2.05, 4.69) is 6.92 Å².